The fraction of sp³-hybridized carbons (Fsp3) is 0.773. The van der Waals surface area contributed by atoms with Crippen LogP contribution in [0.15, 0.2) is 12.2 Å². The highest BCUT2D eigenvalue weighted by molar-refractivity contribution is 5.86. The average molecular weight is 441 g/mol. The average Bonchev–Trinajstić information content (AvgIpc) is 2.71. The lowest BCUT2D eigenvalue weighted by Crippen LogP contribution is -2.57. The Morgan fingerprint density at radius 1 is 1.23 bits per heavy atom. The van der Waals surface area contributed by atoms with E-state index < -0.39 is 36.4 Å². The van der Waals surface area contributed by atoms with Crippen LogP contribution in [0.25, 0.3) is 0 Å². The number of aliphatic hydroxyl groups excluding tert-OH is 1. The minimum Gasteiger partial charge on any atom is -0.449 e. The zero-order valence-electron chi connectivity index (χ0n) is 19.4. The number of carbonyl (C=O) groups is 3. The molecule has 0 saturated carbocycles. The van der Waals surface area contributed by atoms with Gasteiger partial charge in [-0.1, -0.05) is 39.8 Å². The predicted octanol–water partition coefficient (Wildman–Crippen LogP) is 1.07. The third kappa shape index (κ3) is 10.8. The predicted molar refractivity (Wildman–Crippen MR) is 119 cm³/mol. The van der Waals surface area contributed by atoms with Crippen molar-refractivity contribution in [2.45, 2.75) is 84.3 Å². The Balaban J connectivity index is 2.49. The number of hydrogen-bond acceptors (Lipinski definition) is 7. The van der Waals surface area contributed by atoms with Crippen LogP contribution in [0.3, 0.4) is 0 Å². The monoisotopic (exact) mass is 440 g/mol. The van der Waals surface area contributed by atoms with Gasteiger partial charge in [0.05, 0.1) is 18.7 Å². The summed E-state index contributed by atoms with van der Waals surface area (Å²) in [4.78, 5) is 36.0. The second-order valence-corrected chi connectivity index (χ2v) is 8.85. The van der Waals surface area contributed by atoms with E-state index in [1.807, 2.05) is 27.7 Å². The van der Waals surface area contributed by atoms with Crippen molar-refractivity contribution in [2.24, 2.45) is 11.8 Å². The molecule has 5 atom stereocenters. The number of alkyl carbamates (subject to hydrolysis) is 1. The lowest BCUT2D eigenvalue weighted by Gasteiger charge is -2.28. The molecule has 0 aromatic rings. The number of amides is 2. The van der Waals surface area contributed by atoms with E-state index >= 15 is 0 Å². The van der Waals surface area contributed by atoms with Crippen LogP contribution in [0.4, 0.5) is 4.79 Å². The van der Waals surface area contributed by atoms with E-state index in [1.165, 1.54) is 0 Å². The number of rotatable bonds is 13. The molecular weight excluding hydrogens is 400 g/mol. The van der Waals surface area contributed by atoms with E-state index in [1.54, 1.807) is 6.92 Å². The molecule has 0 saturated heterocycles. The zero-order valence-corrected chi connectivity index (χ0v) is 19.4. The molecule has 1 heterocycles. The maximum absolute atomic E-state index is 12.7. The van der Waals surface area contributed by atoms with Gasteiger partial charge in [0.2, 0.25) is 5.91 Å². The van der Waals surface area contributed by atoms with E-state index in [0.717, 1.165) is 19.3 Å². The topological polar surface area (TPSA) is 129 Å². The summed E-state index contributed by atoms with van der Waals surface area (Å²) in [5.74, 6) is -0.328. The highest BCUT2D eigenvalue weighted by atomic mass is 16.5. The number of aliphatic hydroxyl groups is 1. The van der Waals surface area contributed by atoms with Gasteiger partial charge >= 0.3 is 6.09 Å². The molecule has 0 aliphatic carbocycles. The van der Waals surface area contributed by atoms with Gasteiger partial charge in [0.25, 0.3) is 0 Å². The summed E-state index contributed by atoms with van der Waals surface area (Å²) >= 11 is 0. The Kier molecular flexibility index (Phi) is 12.4. The lowest BCUT2D eigenvalue weighted by molar-refractivity contribution is -0.125. The standard InChI is InChI=1S/C22H40N4O5/c1-14(2)12-18(13-27)25-20(28)16(5)24-21(29)19(15(3)4)26-22(30)31-11-9-17-8-6-7-10-23-17/h6,8,13-20,23,25,28H,7,9-12H2,1-5H3,(H,24,29)(H,26,30). The first-order chi connectivity index (χ1) is 14.6. The van der Waals surface area contributed by atoms with Crippen molar-refractivity contribution in [1.82, 2.24) is 21.3 Å². The maximum atomic E-state index is 12.7. The quantitative estimate of drug-likeness (QED) is 0.165. The number of carbonyl (C=O) groups excluding carboxylic acids is 3. The van der Waals surface area contributed by atoms with Gasteiger partial charge in [-0.25, -0.2) is 4.79 Å². The van der Waals surface area contributed by atoms with Crippen LogP contribution < -0.4 is 21.3 Å². The molecule has 31 heavy (non-hydrogen) atoms. The highest BCUT2D eigenvalue weighted by Crippen LogP contribution is 2.07. The Morgan fingerprint density at radius 3 is 2.48 bits per heavy atom. The molecule has 0 radical (unpaired) electrons. The summed E-state index contributed by atoms with van der Waals surface area (Å²) in [6, 6.07) is -1.79. The molecule has 1 rings (SSSR count). The molecule has 9 heteroatoms. The Hall–Kier alpha value is -1.97. The fourth-order valence-electron chi connectivity index (χ4n) is 3.29. The molecule has 0 aromatic carbocycles. The molecular formula is C22H40N4O5. The summed E-state index contributed by atoms with van der Waals surface area (Å²) in [5.41, 5.74) is 0. The number of nitrogens with one attached hydrogen (secondary N) is 4. The van der Waals surface area contributed by atoms with Crippen LogP contribution in [0.2, 0.25) is 0 Å². The largest absolute Gasteiger partial charge is 0.449 e. The van der Waals surface area contributed by atoms with Crippen molar-refractivity contribution in [1.29, 1.82) is 0 Å². The van der Waals surface area contributed by atoms with Crippen LogP contribution in [-0.4, -0.2) is 66.9 Å². The molecule has 5 N–H and O–H groups in total. The van der Waals surface area contributed by atoms with Gasteiger partial charge in [0, 0.05) is 12.5 Å². The van der Waals surface area contributed by atoms with Gasteiger partial charge < -0.3 is 30.6 Å². The molecule has 0 aromatic heterocycles. The van der Waals surface area contributed by atoms with E-state index in [0.29, 0.717) is 12.8 Å². The van der Waals surface area contributed by atoms with Crippen molar-refractivity contribution >= 4 is 18.3 Å². The van der Waals surface area contributed by atoms with Gasteiger partial charge in [-0.05, 0) is 38.1 Å². The van der Waals surface area contributed by atoms with Crippen LogP contribution in [-0.2, 0) is 14.3 Å². The SMILES string of the molecule is CC(C)CC(C=O)NC(O)C(C)NC(=O)C(NC(=O)OCCC1C=CCCN1)C(C)C. The van der Waals surface area contributed by atoms with E-state index in [9.17, 15) is 19.5 Å². The summed E-state index contributed by atoms with van der Waals surface area (Å²) in [5, 5.41) is 21.8. The molecule has 5 unspecified atom stereocenters. The van der Waals surface area contributed by atoms with Crippen LogP contribution in [0.1, 0.15) is 53.9 Å². The molecule has 2 amide bonds. The maximum Gasteiger partial charge on any atom is 0.407 e. The minimum absolute atomic E-state index is 0.184. The van der Waals surface area contributed by atoms with Crippen LogP contribution in [0.5, 0.6) is 0 Å². The van der Waals surface area contributed by atoms with Gasteiger partial charge in [0.1, 0.15) is 18.6 Å². The van der Waals surface area contributed by atoms with Crippen LogP contribution in [0, 0.1) is 11.8 Å². The third-order valence-electron chi connectivity index (χ3n) is 5.09. The molecule has 0 spiro atoms. The highest BCUT2D eigenvalue weighted by Gasteiger charge is 2.28. The molecule has 9 nitrogen and oxygen atoms in total. The molecule has 0 fully saturated rings. The second kappa shape index (κ2) is 14.2. The van der Waals surface area contributed by atoms with Gasteiger partial charge in [-0.3, -0.25) is 10.1 Å². The van der Waals surface area contributed by atoms with Crippen molar-refractivity contribution in [2.75, 3.05) is 13.2 Å². The number of ether oxygens (including phenoxy) is 1. The Labute approximate surface area is 185 Å². The molecule has 0 bridgehead atoms. The summed E-state index contributed by atoms with van der Waals surface area (Å²) < 4.78 is 5.23. The van der Waals surface area contributed by atoms with E-state index in [-0.39, 0.29) is 24.5 Å². The smallest absolute Gasteiger partial charge is 0.407 e. The first kappa shape index (κ1) is 27.1. The van der Waals surface area contributed by atoms with Gasteiger partial charge in [-0.15, -0.1) is 0 Å². The zero-order chi connectivity index (χ0) is 23.4. The van der Waals surface area contributed by atoms with Crippen LogP contribution >= 0.6 is 0 Å². The molecule has 1 aliphatic rings. The van der Waals surface area contributed by atoms with Crippen molar-refractivity contribution in [3.63, 3.8) is 0 Å². The van der Waals surface area contributed by atoms with Crippen molar-refractivity contribution in [3.8, 4) is 0 Å². The van der Waals surface area contributed by atoms with Crippen molar-refractivity contribution < 1.29 is 24.2 Å². The fourth-order valence-corrected chi connectivity index (χ4v) is 3.29. The summed E-state index contributed by atoms with van der Waals surface area (Å²) in [7, 11) is 0. The van der Waals surface area contributed by atoms with Gasteiger partial charge in [0.15, 0.2) is 0 Å². The minimum atomic E-state index is -1.10. The lowest BCUT2D eigenvalue weighted by atomic mass is 10.0. The van der Waals surface area contributed by atoms with E-state index in [4.69, 9.17) is 4.74 Å². The van der Waals surface area contributed by atoms with Crippen molar-refractivity contribution in [3.05, 3.63) is 12.2 Å². The summed E-state index contributed by atoms with van der Waals surface area (Å²) in [6.45, 7) is 10.4. The Bertz CT molecular complexity index is 596. The van der Waals surface area contributed by atoms with Gasteiger partial charge in [-0.2, -0.15) is 0 Å². The normalized spacial score (nSPS) is 20.1. The number of aldehydes is 1. The molecule has 178 valence electrons. The third-order valence-corrected chi connectivity index (χ3v) is 5.09. The number of hydrogen-bond donors (Lipinski definition) is 5. The second-order valence-electron chi connectivity index (χ2n) is 8.85. The summed E-state index contributed by atoms with van der Waals surface area (Å²) in [6.07, 6.45) is 5.40. The molecule has 1 aliphatic heterocycles. The van der Waals surface area contributed by atoms with E-state index in [2.05, 4.69) is 33.4 Å². The first-order valence-electron chi connectivity index (χ1n) is 11.2. The first-order valence-corrected chi connectivity index (χ1v) is 11.2. The Morgan fingerprint density at radius 2 is 1.94 bits per heavy atom.